The standard InChI is InChI=1S/C10H7N2/c1-2-4-10-8-12-6-5-11-7-9(10)3-1/h1-7H. The number of nitrogens with zero attached hydrogens (tertiary/aromatic N) is 2. The van der Waals surface area contributed by atoms with Crippen LogP contribution < -0.4 is 10.4 Å². The second-order valence-electron chi connectivity index (χ2n) is 2.40. The smallest absolute Gasteiger partial charge is 0.0972 e. The average molecular weight is 155 g/mol. The van der Waals surface area contributed by atoms with Gasteiger partial charge in [0.25, 0.3) is 0 Å². The number of fused-ring (bicyclic) bond motifs is 1. The summed E-state index contributed by atoms with van der Waals surface area (Å²) in [4.78, 5) is 7.96. The molecule has 2 heteroatoms. The number of benzene rings is 1. The van der Waals surface area contributed by atoms with Gasteiger partial charge in [0.05, 0.1) is 6.20 Å². The summed E-state index contributed by atoms with van der Waals surface area (Å²) in [6.07, 6.45) is 7.97. The Morgan fingerprint density at radius 2 is 2.00 bits per heavy atom. The predicted octanol–water partition coefficient (Wildman–Crippen LogP) is 0.195. The van der Waals surface area contributed by atoms with Crippen LogP contribution in [0.15, 0.2) is 34.3 Å². The minimum atomic E-state index is 0.977. The SMILES string of the molecule is [C]1=c2ccccc2=CN=CC=N1. The fourth-order valence-corrected chi connectivity index (χ4v) is 1.01. The fraction of sp³-hybridized carbons (Fsp3) is 0. The van der Waals surface area contributed by atoms with Crippen molar-refractivity contribution >= 4 is 24.8 Å². The van der Waals surface area contributed by atoms with Gasteiger partial charge in [0.15, 0.2) is 0 Å². The van der Waals surface area contributed by atoms with Gasteiger partial charge in [-0.05, 0) is 0 Å². The minimum Gasteiger partial charge on any atom is -0.262 e. The number of hydrogen-bond acceptors (Lipinski definition) is 2. The molecule has 0 fully saturated rings. The van der Waals surface area contributed by atoms with Gasteiger partial charge in [-0.1, -0.05) is 24.3 Å². The van der Waals surface area contributed by atoms with Crippen molar-refractivity contribution in [3.63, 3.8) is 0 Å². The van der Waals surface area contributed by atoms with E-state index in [4.69, 9.17) is 0 Å². The van der Waals surface area contributed by atoms with Crippen molar-refractivity contribution in [1.29, 1.82) is 0 Å². The van der Waals surface area contributed by atoms with Crippen molar-refractivity contribution in [2.75, 3.05) is 0 Å². The van der Waals surface area contributed by atoms with Gasteiger partial charge in [0, 0.05) is 29.1 Å². The summed E-state index contributed by atoms with van der Waals surface area (Å²) in [6.45, 7) is 0. The Morgan fingerprint density at radius 3 is 3.00 bits per heavy atom. The second kappa shape index (κ2) is 3.13. The van der Waals surface area contributed by atoms with Crippen molar-refractivity contribution in [3.05, 3.63) is 34.7 Å². The number of rotatable bonds is 0. The topological polar surface area (TPSA) is 24.7 Å². The maximum atomic E-state index is 4.03. The van der Waals surface area contributed by atoms with Crippen LogP contribution in [-0.4, -0.2) is 12.4 Å². The quantitative estimate of drug-likeness (QED) is 0.511. The Kier molecular flexibility index (Phi) is 1.82. The van der Waals surface area contributed by atoms with Gasteiger partial charge in [-0.2, -0.15) is 0 Å². The highest BCUT2D eigenvalue weighted by molar-refractivity contribution is 6.17. The van der Waals surface area contributed by atoms with Gasteiger partial charge in [0.2, 0.25) is 0 Å². The molecule has 1 aromatic carbocycles. The monoisotopic (exact) mass is 155 g/mol. The van der Waals surface area contributed by atoms with Crippen molar-refractivity contribution in [1.82, 2.24) is 0 Å². The van der Waals surface area contributed by atoms with Crippen molar-refractivity contribution in [2.24, 2.45) is 9.98 Å². The van der Waals surface area contributed by atoms with Crippen LogP contribution >= 0.6 is 0 Å². The third-order valence-corrected chi connectivity index (χ3v) is 1.59. The summed E-state index contributed by atoms with van der Waals surface area (Å²) in [6, 6.07) is 7.88. The zero-order valence-corrected chi connectivity index (χ0v) is 6.44. The Labute approximate surface area is 70.3 Å². The third kappa shape index (κ3) is 1.32. The van der Waals surface area contributed by atoms with Crippen LogP contribution in [0.3, 0.4) is 0 Å². The molecule has 0 amide bonds. The maximum Gasteiger partial charge on any atom is 0.0972 e. The highest BCUT2D eigenvalue weighted by Crippen LogP contribution is 1.77. The molecule has 1 aliphatic heterocycles. The Morgan fingerprint density at radius 1 is 1.08 bits per heavy atom. The van der Waals surface area contributed by atoms with Gasteiger partial charge in [-0.25, -0.2) is 0 Å². The van der Waals surface area contributed by atoms with Gasteiger partial charge < -0.3 is 0 Å². The summed E-state index contributed by atoms with van der Waals surface area (Å²) in [5.74, 6) is 0. The van der Waals surface area contributed by atoms with Crippen LogP contribution in [0.2, 0.25) is 0 Å². The Bertz CT molecular complexity index is 398. The van der Waals surface area contributed by atoms with E-state index in [-0.39, 0.29) is 0 Å². The van der Waals surface area contributed by atoms with Gasteiger partial charge in [0.1, 0.15) is 0 Å². The first-order valence-corrected chi connectivity index (χ1v) is 3.70. The average Bonchev–Trinajstić information content (AvgIpc) is 2.06. The van der Waals surface area contributed by atoms with Crippen molar-refractivity contribution in [2.45, 2.75) is 0 Å². The molecule has 2 rings (SSSR count). The van der Waals surface area contributed by atoms with E-state index in [0.717, 1.165) is 10.4 Å². The molecule has 1 radical (unpaired) electrons. The molecule has 1 aromatic rings. The predicted molar refractivity (Wildman–Crippen MR) is 50.5 cm³/mol. The first kappa shape index (κ1) is 6.98. The van der Waals surface area contributed by atoms with Gasteiger partial charge >= 0.3 is 0 Å². The highest BCUT2D eigenvalue weighted by atomic mass is 14.7. The summed E-state index contributed by atoms with van der Waals surface area (Å²) in [7, 11) is 0. The van der Waals surface area contributed by atoms with Crippen LogP contribution in [0.1, 0.15) is 0 Å². The van der Waals surface area contributed by atoms with Crippen LogP contribution in [-0.2, 0) is 0 Å². The normalized spacial score (nSPS) is 13.7. The molecule has 0 saturated carbocycles. The lowest BCUT2D eigenvalue weighted by molar-refractivity contribution is 1.47. The molecule has 0 aromatic heterocycles. The van der Waals surface area contributed by atoms with E-state index in [1.807, 2.05) is 24.3 Å². The fourth-order valence-electron chi connectivity index (χ4n) is 1.01. The molecule has 1 heterocycles. The van der Waals surface area contributed by atoms with Crippen molar-refractivity contribution < 1.29 is 0 Å². The first-order valence-electron chi connectivity index (χ1n) is 3.70. The molecular formula is C10H7N2. The summed E-state index contributed by atoms with van der Waals surface area (Å²) < 4.78 is 0. The van der Waals surface area contributed by atoms with Crippen molar-refractivity contribution in [3.8, 4) is 0 Å². The Hall–Kier alpha value is -1.70. The van der Waals surface area contributed by atoms with E-state index in [1.165, 1.54) is 0 Å². The van der Waals surface area contributed by atoms with E-state index in [2.05, 4.69) is 16.2 Å². The zero-order chi connectivity index (χ0) is 8.23. The van der Waals surface area contributed by atoms with Crippen LogP contribution in [0, 0.1) is 0 Å². The molecule has 0 spiro atoms. The maximum absolute atomic E-state index is 4.03. The van der Waals surface area contributed by atoms with E-state index in [0.29, 0.717) is 0 Å². The van der Waals surface area contributed by atoms with Crippen LogP contribution in [0.5, 0.6) is 0 Å². The molecule has 0 atom stereocenters. The lowest BCUT2D eigenvalue weighted by atomic mass is 10.2. The highest BCUT2D eigenvalue weighted by Gasteiger charge is 1.83. The zero-order valence-electron chi connectivity index (χ0n) is 6.44. The lowest BCUT2D eigenvalue weighted by Gasteiger charge is -1.88. The van der Waals surface area contributed by atoms with Crippen LogP contribution in [0.25, 0.3) is 12.4 Å². The molecule has 57 valence electrons. The summed E-state index contributed by atoms with van der Waals surface area (Å²) >= 11 is 0. The van der Waals surface area contributed by atoms with E-state index in [9.17, 15) is 0 Å². The largest absolute Gasteiger partial charge is 0.262 e. The molecule has 2 nitrogen and oxygen atoms in total. The van der Waals surface area contributed by atoms with Crippen LogP contribution in [0.4, 0.5) is 0 Å². The molecule has 12 heavy (non-hydrogen) atoms. The number of hydrogen-bond donors (Lipinski definition) is 0. The molecule has 0 N–H and O–H groups in total. The Balaban J connectivity index is 2.80. The van der Waals surface area contributed by atoms with Gasteiger partial charge in [-0.15, -0.1) is 0 Å². The third-order valence-electron chi connectivity index (χ3n) is 1.59. The molecule has 0 saturated heterocycles. The molecule has 0 unspecified atom stereocenters. The molecule has 0 bridgehead atoms. The summed E-state index contributed by atoms with van der Waals surface area (Å²) in [5, 5.41) is 2.02. The molecule has 0 aliphatic carbocycles. The van der Waals surface area contributed by atoms with E-state index >= 15 is 0 Å². The van der Waals surface area contributed by atoms with Gasteiger partial charge in [-0.3, -0.25) is 9.98 Å². The van der Waals surface area contributed by atoms with E-state index in [1.54, 1.807) is 18.6 Å². The summed E-state index contributed by atoms with van der Waals surface area (Å²) in [5.41, 5.74) is 0. The van der Waals surface area contributed by atoms with E-state index < -0.39 is 0 Å². The minimum absolute atomic E-state index is 0.977. The molecular weight excluding hydrogens is 148 g/mol. The number of aliphatic imine (C=N–C) groups is 2. The molecule has 1 aliphatic rings. The second-order valence-corrected chi connectivity index (χ2v) is 2.40. The first-order chi connectivity index (χ1) is 5.97. The lowest BCUT2D eigenvalue weighted by Crippen LogP contribution is -2.23.